The van der Waals surface area contributed by atoms with E-state index in [1.54, 1.807) is 16.7 Å². The van der Waals surface area contributed by atoms with Crippen LogP contribution in [0.4, 0.5) is 4.79 Å². The van der Waals surface area contributed by atoms with E-state index >= 15 is 0 Å². The van der Waals surface area contributed by atoms with Gasteiger partial charge in [0, 0.05) is 24.2 Å². The SMILES string of the molecule is CCC1CCc2sc(-c3nnc(SCCCN4CCOC4=O)n3C)cc2C1. The van der Waals surface area contributed by atoms with E-state index in [0.29, 0.717) is 13.2 Å². The van der Waals surface area contributed by atoms with Crippen LogP contribution in [0.5, 0.6) is 0 Å². The molecule has 0 bridgehead atoms. The number of fused-ring (bicyclic) bond motifs is 1. The molecular formula is C19H26N4O2S2. The maximum atomic E-state index is 11.4. The van der Waals surface area contributed by atoms with Crippen molar-refractivity contribution in [3.05, 3.63) is 16.5 Å². The van der Waals surface area contributed by atoms with Crippen molar-refractivity contribution in [2.75, 3.05) is 25.4 Å². The van der Waals surface area contributed by atoms with Crippen molar-refractivity contribution >= 4 is 29.2 Å². The van der Waals surface area contributed by atoms with Crippen molar-refractivity contribution in [3.8, 4) is 10.7 Å². The summed E-state index contributed by atoms with van der Waals surface area (Å²) in [6.45, 7) is 4.26. The van der Waals surface area contributed by atoms with E-state index in [2.05, 4.69) is 27.8 Å². The van der Waals surface area contributed by atoms with Crippen LogP contribution in [0.15, 0.2) is 11.2 Å². The number of aryl methyl sites for hydroxylation is 1. The summed E-state index contributed by atoms with van der Waals surface area (Å²) in [5, 5.41) is 9.78. The largest absolute Gasteiger partial charge is 0.448 e. The van der Waals surface area contributed by atoms with Crippen molar-refractivity contribution in [1.29, 1.82) is 0 Å². The van der Waals surface area contributed by atoms with Crippen LogP contribution in [-0.2, 0) is 24.6 Å². The molecule has 1 saturated heterocycles. The number of amides is 1. The van der Waals surface area contributed by atoms with Crippen LogP contribution in [0.3, 0.4) is 0 Å². The van der Waals surface area contributed by atoms with Crippen molar-refractivity contribution in [1.82, 2.24) is 19.7 Å². The zero-order valence-corrected chi connectivity index (χ0v) is 17.6. The summed E-state index contributed by atoms with van der Waals surface area (Å²) < 4.78 is 7.06. The monoisotopic (exact) mass is 406 g/mol. The molecule has 1 atom stereocenters. The van der Waals surface area contributed by atoms with E-state index in [9.17, 15) is 4.79 Å². The fourth-order valence-electron chi connectivity index (χ4n) is 3.76. The molecule has 27 heavy (non-hydrogen) atoms. The van der Waals surface area contributed by atoms with Gasteiger partial charge in [0.2, 0.25) is 0 Å². The Kier molecular flexibility index (Phi) is 5.73. The second-order valence-corrected chi connectivity index (χ2v) is 9.44. The highest BCUT2D eigenvalue weighted by atomic mass is 32.2. The van der Waals surface area contributed by atoms with E-state index in [1.807, 2.05) is 18.4 Å². The number of ether oxygens (including phenoxy) is 1. The second kappa shape index (κ2) is 8.22. The number of cyclic esters (lactones) is 1. The van der Waals surface area contributed by atoms with Gasteiger partial charge in [-0.1, -0.05) is 25.1 Å². The summed E-state index contributed by atoms with van der Waals surface area (Å²) in [5.41, 5.74) is 1.52. The van der Waals surface area contributed by atoms with Crippen LogP contribution >= 0.6 is 23.1 Å². The Bertz CT molecular complexity index is 817. The third-order valence-corrected chi connectivity index (χ3v) is 7.81. The van der Waals surface area contributed by atoms with Gasteiger partial charge in [0.1, 0.15) is 6.61 Å². The van der Waals surface area contributed by atoms with Gasteiger partial charge >= 0.3 is 6.09 Å². The summed E-state index contributed by atoms with van der Waals surface area (Å²) in [6, 6.07) is 2.33. The highest BCUT2D eigenvalue weighted by Gasteiger charge is 2.23. The molecule has 146 valence electrons. The third-order valence-electron chi connectivity index (χ3n) is 5.47. The van der Waals surface area contributed by atoms with E-state index in [1.165, 1.54) is 41.0 Å². The summed E-state index contributed by atoms with van der Waals surface area (Å²) in [5.74, 6) is 2.71. The van der Waals surface area contributed by atoms with Gasteiger partial charge in [-0.25, -0.2) is 4.79 Å². The number of hydrogen-bond acceptors (Lipinski definition) is 6. The molecule has 1 fully saturated rings. The Labute approximate surface area is 168 Å². The number of thiophene rings is 1. The van der Waals surface area contributed by atoms with Gasteiger partial charge in [0.25, 0.3) is 0 Å². The minimum Gasteiger partial charge on any atom is -0.448 e. The molecule has 0 saturated carbocycles. The van der Waals surface area contributed by atoms with Crippen molar-refractivity contribution < 1.29 is 9.53 Å². The Morgan fingerprint density at radius 2 is 2.30 bits per heavy atom. The molecule has 1 amide bonds. The normalized spacial score (nSPS) is 19.4. The number of aromatic nitrogens is 3. The van der Waals surface area contributed by atoms with Crippen LogP contribution in [0.2, 0.25) is 0 Å². The summed E-state index contributed by atoms with van der Waals surface area (Å²) in [6.07, 6.45) is 5.73. The summed E-state index contributed by atoms with van der Waals surface area (Å²) >= 11 is 3.58. The van der Waals surface area contributed by atoms with E-state index in [0.717, 1.165) is 35.6 Å². The van der Waals surface area contributed by atoms with Crippen LogP contribution in [0, 0.1) is 5.92 Å². The molecule has 0 spiro atoms. The molecule has 0 aromatic carbocycles. The highest BCUT2D eigenvalue weighted by molar-refractivity contribution is 7.99. The molecule has 0 N–H and O–H groups in total. The summed E-state index contributed by atoms with van der Waals surface area (Å²) in [4.78, 5) is 16.0. The minimum atomic E-state index is -0.187. The number of thioether (sulfide) groups is 1. The van der Waals surface area contributed by atoms with Gasteiger partial charge in [0.15, 0.2) is 11.0 Å². The van der Waals surface area contributed by atoms with Gasteiger partial charge in [-0.3, -0.25) is 0 Å². The smallest absolute Gasteiger partial charge is 0.409 e. The Hall–Kier alpha value is -1.54. The lowest BCUT2D eigenvalue weighted by atomic mass is 9.87. The molecule has 2 aliphatic rings. The number of nitrogens with zero attached hydrogens (tertiary/aromatic N) is 4. The topological polar surface area (TPSA) is 60.2 Å². The predicted octanol–water partition coefficient (Wildman–Crippen LogP) is 3.99. The van der Waals surface area contributed by atoms with Crippen LogP contribution in [-0.4, -0.2) is 51.2 Å². The van der Waals surface area contributed by atoms with Gasteiger partial charge in [0.05, 0.1) is 11.4 Å². The maximum absolute atomic E-state index is 11.4. The molecule has 0 radical (unpaired) electrons. The third kappa shape index (κ3) is 4.01. The standard InChI is InChI=1S/C19H26N4O2S2/c1-3-13-5-6-15-14(11-13)12-16(27-15)17-20-21-18(22(17)2)26-10-4-7-23-8-9-25-19(23)24/h12-13H,3-11H2,1-2H3. The molecule has 2 aromatic heterocycles. The van der Waals surface area contributed by atoms with Crippen molar-refractivity contribution in [2.45, 2.75) is 44.2 Å². The fourth-order valence-corrected chi connectivity index (χ4v) is 5.82. The molecule has 8 heteroatoms. The van der Waals surface area contributed by atoms with Crippen LogP contribution < -0.4 is 0 Å². The van der Waals surface area contributed by atoms with Gasteiger partial charge < -0.3 is 14.2 Å². The first-order valence-corrected chi connectivity index (χ1v) is 11.5. The van der Waals surface area contributed by atoms with Gasteiger partial charge in [-0.05, 0) is 43.2 Å². The number of rotatable bonds is 7. The maximum Gasteiger partial charge on any atom is 0.409 e. The fraction of sp³-hybridized carbons (Fsp3) is 0.632. The highest BCUT2D eigenvalue weighted by Crippen LogP contribution is 2.38. The Morgan fingerprint density at radius 3 is 3.07 bits per heavy atom. The first kappa shape index (κ1) is 18.8. The van der Waals surface area contributed by atoms with Crippen molar-refractivity contribution in [2.24, 2.45) is 13.0 Å². The number of hydrogen-bond donors (Lipinski definition) is 0. The Balaban J connectivity index is 1.36. The Morgan fingerprint density at radius 1 is 1.41 bits per heavy atom. The molecule has 6 nitrogen and oxygen atoms in total. The lowest BCUT2D eigenvalue weighted by molar-refractivity contribution is 0.158. The molecule has 2 aromatic rings. The van der Waals surface area contributed by atoms with Gasteiger partial charge in [-0.15, -0.1) is 21.5 Å². The average Bonchev–Trinajstić information content (AvgIpc) is 3.37. The first-order valence-electron chi connectivity index (χ1n) is 9.71. The average molecular weight is 407 g/mol. The van der Waals surface area contributed by atoms with Crippen LogP contribution in [0.25, 0.3) is 10.7 Å². The minimum absolute atomic E-state index is 0.187. The number of carbonyl (C=O) groups is 1. The van der Waals surface area contributed by atoms with Crippen molar-refractivity contribution in [3.63, 3.8) is 0 Å². The molecule has 1 aliphatic heterocycles. The molecule has 1 unspecified atom stereocenters. The molecular weight excluding hydrogens is 380 g/mol. The van der Waals surface area contributed by atoms with E-state index < -0.39 is 0 Å². The molecule has 1 aliphatic carbocycles. The lowest BCUT2D eigenvalue weighted by Crippen LogP contribution is -2.25. The van der Waals surface area contributed by atoms with Gasteiger partial charge in [-0.2, -0.15) is 0 Å². The second-order valence-electron chi connectivity index (χ2n) is 7.24. The van der Waals surface area contributed by atoms with E-state index in [-0.39, 0.29) is 6.09 Å². The van der Waals surface area contributed by atoms with Crippen LogP contribution in [0.1, 0.15) is 36.6 Å². The number of carbonyl (C=O) groups excluding carboxylic acids is 1. The lowest BCUT2D eigenvalue weighted by Gasteiger charge is -2.19. The molecule has 3 heterocycles. The predicted molar refractivity (Wildman–Crippen MR) is 108 cm³/mol. The zero-order valence-electron chi connectivity index (χ0n) is 15.9. The quantitative estimate of drug-likeness (QED) is 0.514. The molecule has 4 rings (SSSR count). The first-order chi connectivity index (χ1) is 13.2. The summed E-state index contributed by atoms with van der Waals surface area (Å²) in [7, 11) is 2.04. The zero-order chi connectivity index (χ0) is 18.8. The van der Waals surface area contributed by atoms with E-state index in [4.69, 9.17) is 4.74 Å².